The lowest BCUT2D eigenvalue weighted by Gasteiger charge is -2.19. The molecular formula is C26H25N3O5S. The molecule has 2 amide bonds. The van der Waals surface area contributed by atoms with Gasteiger partial charge in [0.25, 0.3) is 5.91 Å². The molecule has 1 fully saturated rings. The number of aromatic nitrogens is 1. The minimum absolute atomic E-state index is 0.0599. The van der Waals surface area contributed by atoms with Crippen molar-refractivity contribution in [3.8, 4) is 11.1 Å². The molecule has 9 heteroatoms. The second kappa shape index (κ2) is 9.50. The first-order valence-corrected chi connectivity index (χ1v) is 12.3. The van der Waals surface area contributed by atoms with Crippen molar-refractivity contribution in [2.75, 3.05) is 25.0 Å². The molecule has 2 N–H and O–H groups in total. The van der Waals surface area contributed by atoms with Crippen molar-refractivity contribution in [2.45, 2.75) is 25.7 Å². The summed E-state index contributed by atoms with van der Waals surface area (Å²) in [7, 11) is 0. The van der Waals surface area contributed by atoms with Crippen LogP contribution in [0.4, 0.5) is 9.93 Å². The van der Waals surface area contributed by atoms with Gasteiger partial charge in [0.2, 0.25) is 0 Å². The molecule has 3 aromatic rings. The number of anilines is 1. The maximum Gasteiger partial charge on any atom is 0.413 e. The molecule has 8 nitrogen and oxygen atoms in total. The molecule has 0 spiro atoms. The van der Waals surface area contributed by atoms with Crippen molar-refractivity contribution in [1.29, 1.82) is 0 Å². The first-order chi connectivity index (χ1) is 16.9. The van der Waals surface area contributed by atoms with E-state index >= 15 is 0 Å². The van der Waals surface area contributed by atoms with Gasteiger partial charge in [-0.2, -0.15) is 0 Å². The molecule has 2 aliphatic carbocycles. The van der Waals surface area contributed by atoms with E-state index in [1.54, 1.807) is 6.92 Å². The molecule has 0 radical (unpaired) electrons. The number of benzene rings is 2. The Labute approximate surface area is 206 Å². The third kappa shape index (κ3) is 4.90. The molecule has 2 aliphatic rings. The molecule has 180 valence electrons. The number of nitrogens with zero attached hydrogens (tertiary/aromatic N) is 2. The van der Waals surface area contributed by atoms with Crippen LogP contribution < -0.4 is 5.32 Å². The largest absolute Gasteiger partial charge is 0.480 e. The van der Waals surface area contributed by atoms with E-state index in [0.29, 0.717) is 23.0 Å². The Morgan fingerprint density at radius 3 is 2.31 bits per heavy atom. The van der Waals surface area contributed by atoms with Gasteiger partial charge >= 0.3 is 12.1 Å². The van der Waals surface area contributed by atoms with Gasteiger partial charge in [-0.3, -0.25) is 14.9 Å². The number of carboxylic acids is 1. The third-order valence-electron chi connectivity index (χ3n) is 6.33. The van der Waals surface area contributed by atoms with Crippen LogP contribution in [0.15, 0.2) is 48.5 Å². The Kier molecular flexibility index (Phi) is 6.25. The Morgan fingerprint density at radius 2 is 1.71 bits per heavy atom. The highest BCUT2D eigenvalue weighted by Crippen LogP contribution is 2.44. The Bertz CT molecular complexity index is 1250. The van der Waals surface area contributed by atoms with Crippen LogP contribution in [0.3, 0.4) is 0 Å². The van der Waals surface area contributed by atoms with Crippen LogP contribution in [0.25, 0.3) is 11.1 Å². The van der Waals surface area contributed by atoms with E-state index in [1.807, 2.05) is 36.4 Å². The summed E-state index contributed by atoms with van der Waals surface area (Å²) in [5.41, 5.74) is 4.98. The maximum atomic E-state index is 13.0. The number of hydrogen-bond donors (Lipinski definition) is 2. The topological polar surface area (TPSA) is 109 Å². The number of carbonyl (C=O) groups is 3. The van der Waals surface area contributed by atoms with Crippen LogP contribution in [-0.2, 0) is 9.53 Å². The van der Waals surface area contributed by atoms with Crippen molar-refractivity contribution in [1.82, 2.24) is 9.88 Å². The van der Waals surface area contributed by atoms with Gasteiger partial charge in [-0.25, -0.2) is 9.78 Å². The molecule has 2 aromatic carbocycles. The lowest BCUT2D eigenvalue weighted by Crippen LogP contribution is -2.37. The van der Waals surface area contributed by atoms with Gasteiger partial charge in [0, 0.05) is 12.5 Å². The number of aryl methyl sites for hydroxylation is 1. The van der Waals surface area contributed by atoms with E-state index in [9.17, 15) is 19.5 Å². The fourth-order valence-electron chi connectivity index (χ4n) is 4.51. The molecule has 0 unspecified atom stereocenters. The van der Waals surface area contributed by atoms with Gasteiger partial charge in [0.1, 0.15) is 18.0 Å². The highest BCUT2D eigenvalue weighted by Gasteiger charge is 2.31. The smallest absolute Gasteiger partial charge is 0.413 e. The Hall–Kier alpha value is -3.72. The normalized spacial score (nSPS) is 14.2. The number of rotatable bonds is 8. The van der Waals surface area contributed by atoms with Crippen LogP contribution in [-0.4, -0.2) is 52.7 Å². The van der Waals surface area contributed by atoms with E-state index in [1.165, 1.54) is 4.90 Å². The number of aliphatic carboxylic acids is 1. The summed E-state index contributed by atoms with van der Waals surface area (Å²) in [4.78, 5) is 42.8. The molecule has 1 saturated carbocycles. The van der Waals surface area contributed by atoms with Crippen molar-refractivity contribution in [2.24, 2.45) is 5.92 Å². The second-order valence-corrected chi connectivity index (χ2v) is 9.91. The lowest BCUT2D eigenvalue weighted by atomic mass is 9.98. The lowest BCUT2D eigenvalue weighted by molar-refractivity contribution is -0.137. The fraction of sp³-hybridized carbons (Fsp3) is 0.308. The summed E-state index contributed by atoms with van der Waals surface area (Å²) >= 11 is 1.03. The monoisotopic (exact) mass is 491 g/mol. The van der Waals surface area contributed by atoms with Crippen LogP contribution in [0.2, 0.25) is 0 Å². The number of nitrogens with one attached hydrogen (secondary N) is 1. The van der Waals surface area contributed by atoms with E-state index < -0.39 is 12.1 Å². The van der Waals surface area contributed by atoms with E-state index in [0.717, 1.165) is 46.4 Å². The molecule has 0 saturated heterocycles. The molecule has 0 atom stereocenters. The summed E-state index contributed by atoms with van der Waals surface area (Å²) in [6.45, 7) is 1.89. The first-order valence-electron chi connectivity index (χ1n) is 11.5. The number of amides is 2. The standard InChI is InChI=1S/C26H25N3O5S/c1-15-23(24(32)29(13-22(30)31)12-16-10-11-16)35-25(27-15)28-26(33)34-14-21-19-8-4-2-6-17(19)18-7-3-5-9-20(18)21/h2-9,16,21H,10-14H2,1H3,(H,30,31)(H,27,28,33). The predicted octanol–water partition coefficient (Wildman–Crippen LogP) is 4.75. The van der Waals surface area contributed by atoms with Gasteiger partial charge in [0.15, 0.2) is 5.13 Å². The molecule has 1 heterocycles. The number of carboxylic acid groups (broad SMARTS) is 1. The number of carbonyl (C=O) groups excluding carboxylic acids is 2. The minimum atomic E-state index is -1.06. The predicted molar refractivity (Wildman–Crippen MR) is 132 cm³/mol. The van der Waals surface area contributed by atoms with Gasteiger partial charge < -0.3 is 14.7 Å². The summed E-state index contributed by atoms with van der Waals surface area (Å²) in [6.07, 6.45) is 1.35. The van der Waals surface area contributed by atoms with Crippen LogP contribution in [0.1, 0.15) is 45.3 Å². The summed E-state index contributed by atoms with van der Waals surface area (Å²) in [5, 5.41) is 12.1. The highest BCUT2D eigenvalue weighted by molar-refractivity contribution is 7.17. The summed E-state index contributed by atoms with van der Waals surface area (Å²) in [5.74, 6) is -1.15. The zero-order valence-electron chi connectivity index (χ0n) is 19.2. The second-order valence-electron chi connectivity index (χ2n) is 8.91. The SMILES string of the molecule is Cc1nc(NC(=O)OCC2c3ccccc3-c3ccccc32)sc1C(=O)N(CC(=O)O)CC1CC1. The Balaban J connectivity index is 1.25. The minimum Gasteiger partial charge on any atom is -0.480 e. The van der Waals surface area contributed by atoms with Crippen LogP contribution in [0.5, 0.6) is 0 Å². The number of ether oxygens (including phenoxy) is 1. The molecule has 0 bridgehead atoms. The average Bonchev–Trinajstić information content (AvgIpc) is 3.50. The van der Waals surface area contributed by atoms with Gasteiger partial charge in [-0.15, -0.1) is 0 Å². The van der Waals surface area contributed by atoms with Gasteiger partial charge in [-0.05, 0) is 47.9 Å². The highest BCUT2D eigenvalue weighted by atomic mass is 32.1. The number of fused-ring (bicyclic) bond motifs is 3. The maximum absolute atomic E-state index is 13.0. The fourth-order valence-corrected chi connectivity index (χ4v) is 5.43. The molecular weight excluding hydrogens is 466 g/mol. The molecule has 35 heavy (non-hydrogen) atoms. The zero-order valence-corrected chi connectivity index (χ0v) is 20.0. The quantitative estimate of drug-likeness (QED) is 0.471. The van der Waals surface area contributed by atoms with E-state index in [2.05, 4.69) is 22.4 Å². The van der Waals surface area contributed by atoms with Crippen molar-refractivity contribution in [3.63, 3.8) is 0 Å². The molecule has 1 aromatic heterocycles. The van der Waals surface area contributed by atoms with Crippen molar-refractivity contribution in [3.05, 3.63) is 70.2 Å². The first kappa shape index (κ1) is 23.0. The summed E-state index contributed by atoms with van der Waals surface area (Å²) in [6, 6.07) is 16.2. The van der Waals surface area contributed by atoms with Crippen molar-refractivity contribution >= 4 is 34.4 Å². The Morgan fingerprint density at radius 1 is 1.09 bits per heavy atom. The average molecular weight is 492 g/mol. The van der Waals surface area contributed by atoms with Gasteiger partial charge in [-0.1, -0.05) is 59.9 Å². The van der Waals surface area contributed by atoms with E-state index in [-0.39, 0.29) is 30.1 Å². The van der Waals surface area contributed by atoms with Crippen molar-refractivity contribution < 1.29 is 24.2 Å². The van der Waals surface area contributed by atoms with Crippen LogP contribution >= 0.6 is 11.3 Å². The molecule has 0 aliphatic heterocycles. The van der Waals surface area contributed by atoms with Gasteiger partial charge in [0.05, 0.1) is 5.69 Å². The summed E-state index contributed by atoms with van der Waals surface area (Å²) < 4.78 is 5.56. The number of thiazole rings is 1. The number of hydrogen-bond acceptors (Lipinski definition) is 6. The third-order valence-corrected chi connectivity index (χ3v) is 7.39. The van der Waals surface area contributed by atoms with E-state index in [4.69, 9.17) is 4.74 Å². The molecule has 5 rings (SSSR count). The van der Waals surface area contributed by atoms with Crippen LogP contribution in [0, 0.1) is 12.8 Å². The zero-order chi connectivity index (χ0) is 24.5.